The largest absolute Gasteiger partial charge is 0.324 e. The molecule has 0 radical (unpaired) electrons. The van der Waals surface area contributed by atoms with Gasteiger partial charge in [-0.15, -0.1) is 12.4 Å². The lowest BCUT2D eigenvalue weighted by atomic mass is 9.78. The molecule has 0 atom stereocenters. The lowest BCUT2D eigenvalue weighted by Crippen LogP contribution is -2.53. The van der Waals surface area contributed by atoms with Crippen LogP contribution in [0.2, 0.25) is 0 Å². The van der Waals surface area contributed by atoms with E-state index >= 15 is 0 Å². The van der Waals surface area contributed by atoms with Crippen LogP contribution < -0.4 is 11.1 Å². The molecule has 1 aromatic carbocycles. The SMILES string of the molecule is Cl.NC1(CNCc2ccc(I)cc2)CCC1. The summed E-state index contributed by atoms with van der Waals surface area (Å²) in [6, 6.07) is 8.61. The lowest BCUT2D eigenvalue weighted by Gasteiger charge is -2.38. The fourth-order valence-electron chi connectivity index (χ4n) is 1.87. The molecule has 16 heavy (non-hydrogen) atoms. The zero-order valence-electron chi connectivity index (χ0n) is 9.21. The molecule has 0 unspecified atom stereocenters. The number of nitrogens with one attached hydrogen (secondary N) is 1. The lowest BCUT2D eigenvalue weighted by molar-refractivity contribution is 0.239. The molecule has 0 heterocycles. The van der Waals surface area contributed by atoms with Gasteiger partial charge in [0, 0.05) is 22.2 Å². The molecule has 1 aromatic rings. The Bertz CT molecular complexity index is 322. The first-order chi connectivity index (χ1) is 7.18. The Morgan fingerprint density at radius 1 is 1.25 bits per heavy atom. The quantitative estimate of drug-likeness (QED) is 0.818. The van der Waals surface area contributed by atoms with E-state index < -0.39 is 0 Å². The molecule has 0 aliphatic heterocycles. The standard InChI is InChI=1S/C12H17IN2.ClH/c13-11-4-2-10(3-5-11)8-15-9-12(14)6-1-7-12;/h2-5,15H,1,6-9,14H2;1H. The van der Waals surface area contributed by atoms with E-state index in [-0.39, 0.29) is 17.9 Å². The van der Waals surface area contributed by atoms with Crippen LogP contribution in [0.1, 0.15) is 24.8 Å². The van der Waals surface area contributed by atoms with Gasteiger partial charge in [-0.3, -0.25) is 0 Å². The average molecular weight is 353 g/mol. The van der Waals surface area contributed by atoms with Gasteiger partial charge in [-0.25, -0.2) is 0 Å². The number of rotatable bonds is 4. The molecule has 90 valence electrons. The Morgan fingerprint density at radius 2 is 1.88 bits per heavy atom. The van der Waals surface area contributed by atoms with Crippen LogP contribution >= 0.6 is 35.0 Å². The first-order valence-electron chi connectivity index (χ1n) is 5.42. The normalized spacial score (nSPS) is 17.4. The van der Waals surface area contributed by atoms with Crippen LogP contribution in [0, 0.1) is 3.57 Å². The maximum Gasteiger partial charge on any atom is 0.0281 e. The summed E-state index contributed by atoms with van der Waals surface area (Å²) < 4.78 is 1.28. The molecule has 4 heteroatoms. The fraction of sp³-hybridized carbons (Fsp3) is 0.500. The third-order valence-electron chi connectivity index (χ3n) is 3.07. The zero-order chi connectivity index (χ0) is 10.7. The van der Waals surface area contributed by atoms with Gasteiger partial charge in [-0.2, -0.15) is 0 Å². The highest BCUT2D eigenvalue weighted by Crippen LogP contribution is 2.28. The second-order valence-electron chi connectivity index (χ2n) is 4.45. The number of halogens is 2. The Labute approximate surface area is 117 Å². The van der Waals surface area contributed by atoms with E-state index in [0.29, 0.717) is 0 Å². The van der Waals surface area contributed by atoms with Crippen molar-refractivity contribution in [1.82, 2.24) is 5.32 Å². The summed E-state index contributed by atoms with van der Waals surface area (Å²) in [5, 5.41) is 3.44. The maximum absolute atomic E-state index is 6.13. The predicted octanol–water partition coefficient (Wildman–Crippen LogP) is 2.68. The number of hydrogen-bond acceptors (Lipinski definition) is 2. The van der Waals surface area contributed by atoms with Gasteiger partial charge in [0.15, 0.2) is 0 Å². The second-order valence-corrected chi connectivity index (χ2v) is 5.69. The highest BCUT2D eigenvalue weighted by atomic mass is 127. The van der Waals surface area contributed by atoms with Crippen LogP contribution in [-0.4, -0.2) is 12.1 Å². The van der Waals surface area contributed by atoms with Gasteiger partial charge in [-0.1, -0.05) is 12.1 Å². The van der Waals surface area contributed by atoms with Gasteiger partial charge < -0.3 is 11.1 Å². The van der Waals surface area contributed by atoms with Crippen molar-refractivity contribution in [3.05, 3.63) is 33.4 Å². The molecule has 0 aromatic heterocycles. The second kappa shape index (κ2) is 6.19. The molecule has 1 fully saturated rings. The third kappa shape index (κ3) is 3.87. The number of benzene rings is 1. The van der Waals surface area contributed by atoms with Crippen molar-refractivity contribution in [2.24, 2.45) is 5.73 Å². The van der Waals surface area contributed by atoms with Crippen LogP contribution in [0.5, 0.6) is 0 Å². The van der Waals surface area contributed by atoms with Crippen LogP contribution in [0.3, 0.4) is 0 Å². The Hall–Kier alpha value is 0.160. The first-order valence-corrected chi connectivity index (χ1v) is 6.50. The molecule has 2 nitrogen and oxygen atoms in total. The van der Waals surface area contributed by atoms with Gasteiger partial charge in [0.05, 0.1) is 0 Å². The van der Waals surface area contributed by atoms with Crippen molar-refractivity contribution in [1.29, 1.82) is 0 Å². The van der Waals surface area contributed by atoms with E-state index in [4.69, 9.17) is 5.73 Å². The van der Waals surface area contributed by atoms with Crippen LogP contribution in [0.4, 0.5) is 0 Å². The molecular formula is C12H18ClIN2. The monoisotopic (exact) mass is 352 g/mol. The van der Waals surface area contributed by atoms with E-state index in [0.717, 1.165) is 13.1 Å². The van der Waals surface area contributed by atoms with E-state index in [9.17, 15) is 0 Å². The predicted molar refractivity (Wildman–Crippen MR) is 78.9 cm³/mol. The Balaban J connectivity index is 0.00000128. The number of hydrogen-bond donors (Lipinski definition) is 2. The molecule has 0 amide bonds. The van der Waals surface area contributed by atoms with Crippen molar-refractivity contribution < 1.29 is 0 Å². The van der Waals surface area contributed by atoms with E-state index in [2.05, 4.69) is 52.2 Å². The summed E-state index contributed by atoms with van der Waals surface area (Å²) in [7, 11) is 0. The Kier molecular flexibility index (Phi) is 5.50. The minimum Gasteiger partial charge on any atom is -0.324 e. The summed E-state index contributed by atoms with van der Waals surface area (Å²) >= 11 is 2.32. The summed E-state index contributed by atoms with van der Waals surface area (Å²) in [6.07, 6.45) is 3.64. The fourth-order valence-corrected chi connectivity index (χ4v) is 2.23. The van der Waals surface area contributed by atoms with Gasteiger partial charge in [0.2, 0.25) is 0 Å². The van der Waals surface area contributed by atoms with Crippen molar-refractivity contribution >= 4 is 35.0 Å². The van der Waals surface area contributed by atoms with Gasteiger partial charge in [0.25, 0.3) is 0 Å². The molecule has 3 N–H and O–H groups in total. The highest BCUT2D eigenvalue weighted by molar-refractivity contribution is 14.1. The molecule has 1 aliphatic rings. The van der Waals surface area contributed by atoms with Gasteiger partial charge >= 0.3 is 0 Å². The number of nitrogens with two attached hydrogens (primary N) is 1. The zero-order valence-corrected chi connectivity index (χ0v) is 12.2. The maximum atomic E-state index is 6.13. The van der Waals surface area contributed by atoms with Crippen molar-refractivity contribution in [3.63, 3.8) is 0 Å². The van der Waals surface area contributed by atoms with Crippen molar-refractivity contribution in [3.8, 4) is 0 Å². The van der Waals surface area contributed by atoms with Crippen molar-refractivity contribution in [2.45, 2.75) is 31.3 Å². The minimum atomic E-state index is 0. The van der Waals surface area contributed by atoms with Crippen LogP contribution in [0.15, 0.2) is 24.3 Å². The van der Waals surface area contributed by atoms with Crippen LogP contribution in [-0.2, 0) is 6.54 Å². The molecular weight excluding hydrogens is 335 g/mol. The molecule has 1 saturated carbocycles. The Morgan fingerprint density at radius 3 is 2.38 bits per heavy atom. The van der Waals surface area contributed by atoms with Gasteiger partial charge in [0.1, 0.15) is 0 Å². The summed E-state index contributed by atoms with van der Waals surface area (Å²) in [5.41, 5.74) is 7.55. The average Bonchev–Trinajstić information content (AvgIpc) is 2.19. The van der Waals surface area contributed by atoms with Crippen molar-refractivity contribution in [2.75, 3.05) is 6.54 Å². The summed E-state index contributed by atoms with van der Waals surface area (Å²) in [4.78, 5) is 0. The minimum absolute atomic E-state index is 0. The molecule has 0 saturated heterocycles. The molecule has 0 spiro atoms. The summed E-state index contributed by atoms with van der Waals surface area (Å²) in [6.45, 7) is 1.87. The highest BCUT2D eigenvalue weighted by Gasteiger charge is 2.31. The van der Waals surface area contributed by atoms with Gasteiger partial charge in [-0.05, 0) is 59.5 Å². The van der Waals surface area contributed by atoms with E-state index in [1.54, 1.807) is 0 Å². The molecule has 0 bridgehead atoms. The smallest absolute Gasteiger partial charge is 0.0281 e. The van der Waals surface area contributed by atoms with E-state index in [1.807, 2.05) is 0 Å². The molecule has 1 aliphatic carbocycles. The summed E-state index contributed by atoms with van der Waals surface area (Å²) in [5.74, 6) is 0. The third-order valence-corrected chi connectivity index (χ3v) is 3.79. The van der Waals surface area contributed by atoms with E-state index in [1.165, 1.54) is 28.4 Å². The molecule has 2 rings (SSSR count). The topological polar surface area (TPSA) is 38.0 Å². The van der Waals surface area contributed by atoms with Crippen LogP contribution in [0.25, 0.3) is 0 Å². The first kappa shape index (κ1) is 14.2.